The fourth-order valence-corrected chi connectivity index (χ4v) is 1.67. The van der Waals surface area contributed by atoms with Gasteiger partial charge in [-0.05, 0) is 0 Å². The lowest BCUT2D eigenvalue weighted by molar-refractivity contribution is 0.579. The molecule has 1 aromatic rings. The molecule has 0 aliphatic carbocycles. The van der Waals surface area contributed by atoms with E-state index in [-0.39, 0.29) is 0 Å². The Balaban J connectivity index is 2.28. The van der Waals surface area contributed by atoms with Gasteiger partial charge in [0.1, 0.15) is 0 Å². The van der Waals surface area contributed by atoms with Crippen LogP contribution in [0.15, 0.2) is 0 Å². The average Bonchev–Trinajstić information content (AvgIpc) is 2.39. The highest BCUT2D eigenvalue weighted by molar-refractivity contribution is 5.44. The van der Waals surface area contributed by atoms with Crippen molar-refractivity contribution in [1.29, 1.82) is 0 Å². The van der Waals surface area contributed by atoms with Crippen molar-refractivity contribution in [3.63, 3.8) is 0 Å². The third kappa shape index (κ3) is 2.73. The lowest BCUT2D eigenvalue weighted by atomic mass is 10.4. The molecule has 0 radical (unpaired) electrons. The molecule has 1 aromatic heterocycles. The third-order valence-electron chi connectivity index (χ3n) is 2.64. The topological polar surface area (TPSA) is 69.2 Å². The van der Waals surface area contributed by atoms with Gasteiger partial charge in [-0.15, -0.1) is 0 Å². The predicted octanol–water partition coefficient (Wildman–Crippen LogP) is -0.611. The molecule has 0 atom stereocenters. The van der Waals surface area contributed by atoms with Gasteiger partial charge in [0.25, 0.3) is 0 Å². The molecular weight excluding hydrogens is 218 g/mol. The number of piperazine rings is 1. The monoisotopic (exact) mass is 237 g/mol. The Bertz CT molecular complexity index is 373. The highest BCUT2D eigenvalue weighted by Gasteiger charge is 2.16. The van der Waals surface area contributed by atoms with Gasteiger partial charge >= 0.3 is 0 Å². The molecule has 1 aliphatic rings. The Morgan fingerprint density at radius 1 is 1.18 bits per heavy atom. The smallest absolute Gasteiger partial charge is 0.232 e. The van der Waals surface area contributed by atoms with E-state index in [1.165, 1.54) is 0 Å². The van der Waals surface area contributed by atoms with Gasteiger partial charge in [0.2, 0.25) is 17.8 Å². The number of hydrogen-bond acceptors (Lipinski definition) is 7. The summed E-state index contributed by atoms with van der Waals surface area (Å²) in [4.78, 5) is 17.2. The maximum Gasteiger partial charge on any atom is 0.232 e. The van der Waals surface area contributed by atoms with Crippen molar-refractivity contribution in [3.8, 4) is 0 Å². The highest BCUT2D eigenvalue weighted by Crippen LogP contribution is 2.15. The van der Waals surface area contributed by atoms with E-state index < -0.39 is 0 Å². The molecule has 2 heterocycles. The lowest BCUT2D eigenvalue weighted by Gasteiger charge is -2.28. The Morgan fingerprint density at radius 3 is 2.47 bits per heavy atom. The molecule has 0 spiro atoms. The molecular formula is C10H19N7. The first-order valence-electron chi connectivity index (χ1n) is 5.77. The van der Waals surface area contributed by atoms with Gasteiger partial charge in [-0.2, -0.15) is 15.0 Å². The fraction of sp³-hybridized carbons (Fsp3) is 0.700. The summed E-state index contributed by atoms with van der Waals surface area (Å²) in [5.74, 6) is 2.03. The van der Waals surface area contributed by atoms with E-state index >= 15 is 0 Å². The standard InChI is InChI=1S/C10H19N7/c1-11-8-13-9(16(2)3)15-10(14-8)17-6-4-12-5-7-17/h12H,4-7H2,1-3H3,(H,11,13,14,15). The first kappa shape index (κ1) is 11.8. The maximum absolute atomic E-state index is 4.47. The van der Waals surface area contributed by atoms with Crippen molar-refractivity contribution in [2.24, 2.45) is 0 Å². The summed E-state index contributed by atoms with van der Waals surface area (Å²) in [6.45, 7) is 3.80. The molecule has 0 unspecified atom stereocenters. The molecule has 0 amide bonds. The van der Waals surface area contributed by atoms with Crippen LogP contribution in [0.25, 0.3) is 0 Å². The van der Waals surface area contributed by atoms with E-state index in [1.807, 2.05) is 26.0 Å². The van der Waals surface area contributed by atoms with Crippen molar-refractivity contribution in [3.05, 3.63) is 0 Å². The molecule has 0 saturated carbocycles. The van der Waals surface area contributed by atoms with E-state index in [2.05, 4.69) is 30.5 Å². The van der Waals surface area contributed by atoms with Gasteiger partial charge in [0.05, 0.1) is 0 Å². The maximum atomic E-state index is 4.47. The van der Waals surface area contributed by atoms with Crippen LogP contribution in [0.3, 0.4) is 0 Å². The Kier molecular flexibility index (Phi) is 3.58. The van der Waals surface area contributed by atoms with Crippen LogP contribution in [-0.4, -0.2) is 62.3 Å². The molecule has 1 fully saturated rings. The minimum absolute atomic E-state index is 0.609. The largest absolute Gasteiger partial charge is 0.357 e. The summed E-state index contributed by atoms with van der Waals surface area (Å²) in [5, 5.41) is 6.28. The van der Waals surface area contributed by atoms with Crippen molar-refractivity contribution in [2.75, 3.05) is 62.4 Å². The SMILES string of the molecule is CNc1nc(N(C)C)nc(N2CCNCC2)n1. The summed E-state index contributed by atoms with van der Waals surface area (Å²) in [6.07, 6.45) is 0. The van der Waals surface area contributed by atoms with E-state index in [4.69, 9.17) is 0 Å². The summed E-state index contributed by atoms with van der Waals surface area (Å²) in [5.41, 5.74) is 0. The minimum Gasteiger partial charge on any atom is -0.357 e. The number of anilines is 3. The summed E-state index contributed by atoms with van der Waals surface area (Å²) in [7, 11) is 5.67. The number of nitrogens with one attached hydrogen (secondary N) is 2. The van der Waals surface area contributed by atoms with Gasteiger partial charge in [0, 0.05) is 47.3 Å². The quantitative estimate of drug-likeness (QED) is 0.726. The molecule has 2 rings (SSSR count). The summed E-state index contributed by atoms with van der Waals surface area (Å²) < 4.78 is 0. The molecule has 2 N–H and O–H groups in total. The molecule has 1 aliphatic heterocycles. The van der Waals surface area contributed by atoms with Gasteiger partial charge in [-0.3, -0.25) is 0 Å². The third-order valence-corrected chi connectivity index (χ3v) is 2.64. The Labute approximate surface area is 101 Å². The van der Waals surface area contributed by atoms with Crippen LogP contribution < -0.4 is 20.4 Å². The van der Waals surface area contributed by atoms with Gasteiger partial charge in [-0.1, -0.05) is 0 Å². The molecule has 17 heavy (non-hydrogen) atoms. The van der Waals surface area contributed by atoms with Gasteiger partial charge < -0.3 is 20.4 Å². The van der Waals surface area contributed by atoms with Crippen LogP contribution in [0.2, 0.25) is 0 Å². The molecule has 1 saturated heterocycles. The van der Waals surface area contributed by atoms with Crippen LogP contribution in [0.1, 0.15) is 0 Å². The van der Waals surface area contributed by atoms with Crippen molar-refractivity contribution in [2.45, 2.75) is 0 Å². The predicted molar refractivity (Wildman–Crippen MR) is 68.8 cm³/mol. The van der Waals surface area contributed by atoms with E-state index in [1.54, 1.807) is 0 Å². The second-order valence-electron chi connectivity index (χ2n) is 4.14. The Hall–Kier alpha value is -1.63. The second-order valence-corrected chi connectivity index (χ2v) is 4.14. The summed E-state index contributed by atoms with van der Waals surface area (Å²) >= 11 is 0. The van der Waals surface area contributed by atoms with Crippen LogP contribution in [0, 0.1) is 0 Å². The zero-order chi connectivity index (χ0) is 12.3. The van der Waals surface area contributed by atoms with Gasteiger partial charge in [-0.25, -0.2) is 0 Å². The lowest BCUT2D eigenvalue weighted by Crippen LogP contribution is -2.44. The van der Waals surface area contributed by atoms with Crippen molar-refractivity contribution in [1.82, 2.24) is 20.3 Å². The van der Waals surface area contributed by atoms with E-state index in [0.29, 0.717) is 11.9 Å². The summed E-state index contributed by atoms with van der Waals surface area (Å²) in [6, 6.07) is 0. The number of aromatic nitrogens is 3. The fourth-order valence-electron chi connectivity index (χ4n) is 1.67. The van der Waals surface area contributed by atoms with E-state index in [9.17, 15) is 0 Å². The Morgan fingerprint density at radius 2 is 1.88 bits per heavy atom. The minimum atomic E-state index is 0.609. The average molecular weight is 237 g/mol. The van der Waals surface area contributed by atoms with Crippen molar-refractivity contribution < 1.29 is 0 Å². The van der Waals surface area contributed by atoms with Crippen LogP contribution in [0.4, 0.5) is 17.8 Å². The second kappa shape index (κ2) is 5.13. The molecule has 7 nitrogen and oxygen atoms in total. The highest BCUT2D eigenvalue weighted by atomic mass is 15.4. The first-order valence-corrected chi connectivity index (χ1v) is 5.77. The van der Waals surface area contributed by atoms with Crippen LogP contribution in [0.5, 0.6) is 0 Å². The van der Waals surface area contributed by atoms with Gasteiger partial charge in [0.15, 0.2) is 0 Å². The number of hydrogen-bond donors (Lipinski definition) is 2. The molecule has 0 bridgehead atoms. The normalized spacial score (nSPS) is 15.8. The molecule has 94 valence electrons. The van der Waals surface area contributed by atoms with E-state index in [0.717, 1.165) is 32.1 Å². The molecule has 7 heteroatoms. The van der Waals surface area contributed by atoms with Crippen LogP contribution >= 0.6 is 0 Å². The number of nitrogens with zero attached hydrogens (tertiary/aromatic N) is 5. The zero-order valence-electron chi connectivity index (χ0n) is 10.6. The molecule has 0 aromatic carbocycles. The van der Waals surface area contributed by atoms with Crippen molar-refractivity contribution >= 4 is 17.8 Å². The first-order chi connectivity index (χ1) is 8.20. The van der Waals surface area contributed by atoms with Crippen LogP contribution in [-0.2, 0) is 0 Å². The number of rotatable bonds is 3. The zero-order valence-corrected chi connectivity index (χ0v) is 10.6.